The van der Waals surface area contributed by atoms with Gasteiger partial charge in [0, 0.05) is 24.9 Å². The lowest BCUT2D eigenvalue weighted by molar-refractivity contribution is -0.140. The Morgan fingerprint density at radius 1 is 1.32 bits per heavy atom. The Balaban J connectivity index is 1.90. The Hall–Kier alpha value is -2.40. The average Bonchev–Trinajstić information content (AvgIpc) is 3.09. The normalized spacial score (nSPS) is 16.2. The topological polar surface area (TPSA) is 40.6 Å². The summed E-state index contributed by atoms with van der Waals surface area (Å²) in [6.45, 7) is 6.30. The molecule has 2 heterocycles. The molecule has 3 rings (SSSR count). The predicted molar refractivity (Wildman–Crippen MR) is 100 cm³/mol. The van der Waals surface area contributed by atoms with Gasteiger partial charge in [-0.3, -0.25) is 9.59 Å². The lowest BCUT2D eigenvalue weighted by Gasteiger charge is -2.37. The molecule has 0 bridgehead atoms. The molecule has 0 aliphatic carbocycles. The molecule has 1 unspecified atom stereocenters. The van der Waals surface area contributed by atoms with Gasteiger partial charge in [0.1, 0.15) is 6.54 Å². The fraction of sp³-hybridized carbons (Fsp3) is 0.300. The van der Waals surface area contributed by atoms with Crippen LogP contribution in [-0.4, -0.2) is 41.2 Å². The van der Waals surface area contributed by atoms with E-state index in [0.29, 0.717) is 13.1 Å². The molecule has 2 amide bonds. The molecule has 1 aliphatic rings. The van der Waals surface area contributed by atoms with Crippen molar-refractivity contribution in [1.29, 1.82) is 0 Å². The highest BCUT2D eigenvalue weighted by Crippen LogP contribution is 2.37. The summed E-state index contributed by atoms with van der Waals surface area (Å²) in [5, 5.41) is 2.09. The Bertz CT molecular complexity index is 769. The summed E-state index contributed by atoms with van der Waals surface area (Å²) in [6.07, 6.45) is 2.51. The fourth-order valence-electron chi connectivity index (χ4n) is 3.29. The van der Waals surface area contributed by atoms with E-state index in [9.17, 15) is 9.59 Å². The molecule has 4 nitrogen and oxygen atoms in total. The quantitative estimate of drug-likeness (QED) is 0.774. The third kappa shape index (κ3) is 3.66. The second-order valence-electron chi connectivity index (χ2n) is 6.14. The van der Waals surface area contributed by atoms with E-state index in [4.69, 9.17) is 0 Å². The van der Waals surface area contributed by atoms with Gasteiger partial charge in [-0.15, -0.1) is 17.9 Å². The highest BCUT2D eigenvalue weighted by Gasteiger charge is 2.33. The van der Waals surface area contributed by atoms with Gasteiger partial charge in [0.15, 0.2) is 0 Å². The number of fused-ring (bicyclic) bond motifs is 1. The van der Waals surface area contributed by atoms with E-state index in [1.807, 2.05) is 23.1 Å². The number of nitrogens with zero attached hydrogens (tertiary/aromatic N) is 2. The van der Waals surface area contributed by atoms with Crippen LogP contribution in [0.25, 0.3) is 0 Å². The summed E-state index contributed by atoms with van der Waals surface area (Å²) in [7, 11) is 0. The van der Waals surface area contributed by atoms with Crippen molar-refractivity contribution in [3.63, 3.8) is 0 Å². The monoisotopic (exact) mass is 354 g/mol. The van der Waals surface area contributed by atoms with Crippen LogP contribution >= 0.6 is 11.3 Å². The van der Waals surface area contributed by atoms with Crippen molar-refractivity contribution in [1.82, 2.24) is 9.80 Å². The van der Waals surface area contributed by atoms with Gasteiger partial charge in [0.25, 0.3) is 0 Å². The van der Waals surface area contributed by atoms with Gasteiger partial charge in [-0.2, -0.15) is 0 Å². The highest BCUT2D eigenvalue weighted by molar-refractivity contribution is 7.10. The summed E-state index contributed by atoms with van der Waals surface area (Å²) >= 11 is 1.75. The Morgan fingerprint density at radius 2 is 2.08 bits per heavy atom. The molecule has 0 N–H and O–H groups in total. The Labute approximate surface area is 152 Å². The fourth-order valence-corrected chi connectivity index (χ4v) is 4.20. The second-order valence-corrected chi connectivity index (χ2v) is 7.14. The lowest BCUT2D eigenvalue weighted by Crippen LogP contribution is -2.46. The first-order chi connectivity index (χ1) is 12.1. The molecule has 1 aromatic heterocycles. The van der Waals surface area contributed by atoms with E-state index < -0.39 is 0 Å². The first-order valence-electron chi connectivity index (χ1n) is 8.39. The van der Waals surface area contributed by atoms with Crippen molar-refractivity contribution in [3.8, 4) is 0 Å². The molecule has 130 valence electrons. The van der Waals surface area contributed by atoms with Crippen molar-refractivity contribution in [3.05, 3.63) is 70.4 Å². The molecule has 0 radical (unpaired) electrons. The van der Waals surface area contributed by atoms with Crippen LogP contribution < -0.4 is 0 Å². The molecule has 0 fully saturated rings. The summed E-state index contributed by atoms with van der Waals surface area (Å²) in [6, 6.07) is 12.1. The number of carbonyl (C=O) groups excluding carboxylic acids is 2. The molecule has 1 aliphatic heterocycles. The zero-order valence-corrected chi connectivity index (χ0v) is 15.2. The molecule has 0 saturated heterocycles. The minimum absolute atomic E-state index is 0.0252. The van der Waals surface area contributed by atoms with Gasteiger partial charge < -0.3 is 9.80 Å². The Morgan fingerprint density at radius 3 is 2.76 bits per heavy atom. The minimum Gasteiger partial charge on any atom is -0.330 e. The van der Waals surface area contributed by atoms with Gasteiger partial charge in [0.2, 0.25) is 11.8 Å². The Kier molecular flexibility index (Phi) is 5.34. The third-order valence-corrected chi connectivity index (χ3v) is 5.52. The number of rotatable bonds is 5. The van der Waals surface area contributed by atoms with Crippen molar-refractivity contribution in [2.24, 2.45) is 0 Å². The molecule has 1 aromatic carbocycles. The van der Waals surface area contributed by atoms with Gasteiger partial charge in [-0.25, -0.2) is 0 Å². The van der Waals surface area contributed by atoms with E-state index in [2.05, 4.69) is 30.2 Å². The van der Waals surface area contributed by atoms with E-state index in [1.54, 1.807) is 17.4 Å². The molecule has 0 saturated carbocycles. The van der Waals surface area contributed by atoms with Gasteiger partial charge >= 0.3 is 0 Å². The van der Waals surface area contributed by atoms with E-state index in [1.165, 1.54) is 22.3 Å². The molecular weight excluding hydrogens is 332 g/mol. The highest BCUT2D eigenvalue weighted by atomic mass is 32.1. The number of hydrogen-bond donors (Lipinski definition) is 0. The molecule has 1 atom stereocenters. The zero-order chi connectivity index (χ0) is 17.8. The van der Waals surface area contributed by atoms with Crippen LogP contribution in [0.2, 0.25) is 0 Å². The van der Waals surface area contributed by atoms with Crippen LogP contribution in [0.15, 0.2) is 54.4 Å². The summed E-state index contributed by atoms with van der Waals surface area (Å²) in [5.74, 6) is -0.138. The number of thiophene rings is 1. The standard InChI is InChI=1S/C20H22N2O2S/c1-3-11-21(15(2)23)14-19(24)22-12-9-18-17(10-13-25-18)20(22)16-7-5-4-6-8-16/h3-8,10,13,20H,1,9,11-12,14H2,2H3. The maximum atomic E-state index is 13.0. The minimum atomic E-state index is -0.113. The van der Waals surface area contributed by atoms with E-state index >= 15 is 0 Å². The van der Waals surface area contributed by atoms with Gasteiger partial charge in [-0.1, -0.05) is 36.4 Å². The van der Waals surface area contributed by atoms with Crippen LogP contribution in [0.4, 0.5) is 0 Å². The van der Waals surface area contributed by atoms with Crippen molar-refractivity contribution >= 4 is 23.2 Å². The van der Waals surface area contributed by atoms with Crippen molar-refractivity contribution in [2.75, 3.05) is 19.6 Å². The van der Waals surface area contributed by atoms with Crippen LogP contribution in [0.3, 0.4) is 0 Å². The van der Waals surface area contributed by atoms with Crippen LogP contribution in [-0.2, 0) is 16.0 Å². The maximum Gasteiger partial charge on any atom is 0.243 e. The first-order valence-corrected chi connectivity index (χ1v) is 9.27. The zero-order valence-electron chi connectivity index (χ0n) is 14.4. The lowest BCUT2D eigenvalue weighted by atomic mass is 9.93. The smallest absolute Gasteiger partial charge is 0.243 e. The number of carbonyl (C=O) groups is 2. The molecule has 25 heavy (non-hydrogen) atoms. The van der Waals surface area contributed by atoms with Crippen LogP contribution in [0.5, 0.6) is 0 Å². The SMILES string of the molecule is C=CCN(CC(=O)N1CCc2sccc2C1c1ccccc1)C(C)=O. The predicted octanol–water partition coefficient (Wildman–Crippen LogP) is 3.26. The largest absolute Gasteiger partial charge is 0.330 e. The molecule has 0 spiro atoms. The first kappa shape index (κ1) is 17.4. The summed E-state index contributed by atoms with van der Waals surface area (Å²) in [5.41, 5.74) is 2.31. The number of benzene rings is 1. The van der Waals surface area contributed by atoms with Crippen molar-refractivity contribution in [2.45, 2.75) is 19.4 Å². The number of amides is 2. The van der Waals surface area contributed by atoms with Gasteiger partial charge in [0.05, 0.1) is 6.04 Å². The van der Waals surface area contributed by atoms with E-state index in [0.717, 1.165) is 12.0 Å². The molecule has 2 aromatic rings. The maximum absolute atomic E-state index is 13.0. The van der Waals surface area contributed by atoms with E-state index in [-0.39, 0.29) is 24.4 Å². The van der Waals surface area contributed by atoms with Crippen LogP contribution in [0, 0.1) is 0 Å². The molecule has 5 heteroatoms. The molecular formula is C20H22N2O2S. The average molecular weight is 354 g/mol. The summed E-state index contributed by atoms with van der Waals surface area (Å²) in [4.78, 5) is 29.5. The summed E-state index contributed by atoms with van der Waals surface area (Å²) < 4.78 is 0. The third-order valence-electron chi connectivity index (χ3n) is 4.52. The second kappa shape index (κ2) is 7.66. The van der Waals surface area contributed by atoms with Crippen LogP contribution in [0.1, 0.15) is 29.0 Å². The van der Waals surface area contributed by atoms with Crippen molar-refractivity contribution < 1.29 is 9.59 Å². The van der Waals surface area contributed by atoms with Gasteiger partial charge in [-0.05, 0) is 29.0 Å². The number of hydrogen-bond acceptors (Lipinski definition) is 3.